The number of pyridine rings is 1. The van der Waals surface area contributed by atoms with E-state index in [-0.39, 0.29) is 5.78 Å². The van der Waals surface area contributed by atoms with E-state index in [1.807, 2.05) is 42.5 Å². The van der Waals surface area contributed by atoms with E-state index in [2.05, 4.69) is 4.98 Å². The van der Waals surface area contributed by atoms with Crippen molar-refractivity contribution in [1.82, 2.24) is 4.98 Å². The highest BCUT2D eigenvalue weighted by molar-refractivity contribution is 5.94. The molecule has 2 rings (SSSR count). The summed E-state index contributed by atoms with van der Waals surface area (Å²) in [6, 6.07) is 13.3. The SMILES string of the molecule is CC(=O)c1ccnc(OCC=Cc2ccccc2)c1. The third kappa shape index (κ3) is 4.07. The number of ketones is 1. The lowest BCUT2D eigenvalue weighted by Crippen LogP contribution is -1.98. The molecule has 3 nitrogen and oxygen atoms in total. The predicted molar refractivity (Wildman–Crippen MR) is 75.2 cm³/mol. The quantitative estimate of drug-likeness (QED) is 0.767. The molecule has 0 spiro atoms. The molecule has 1 aromatic carbocycles. The predicted octanol–water partition coefficient (Wildman–Crippen LogP) is 3.38. The van der Waals surface area contributed by atoms with Crippen LogP contribution in [0.15, 0.2) is 54.7 Å². The van der Waals surface area contributed by atoms with Crippen LogP contribution < -0.4 is 4.74 Å². The van der Waals surface area contributed by atoms with Gasteiger partial charge in [-0.3, -0.25) is 4.79 Å². The van der Waals surface area contributed by atoms with Crippen LogP contribution in [0, 0.1) is 0 Å². The van der Waals surface area contributed by atoms with Gasteiger partial charge in [0.2, 0.25) is 5.88 Å². The van der Waals surface area contributed by atoms with Gasteiger partial charge < -0.3 is 4.74 Å². The van der Waals surface area contributed by atoms with Crippen LogP contribution in [0.3, 0.4) is 0 Å². The second kappa shape index (κ2) is 6.50. The first-order valence-electron chi connectivity index (χ1n) is 6.07. The lowest BCUT2D eigenvalue weighted by molar-refractivity contribution is 0.101. The van der Waals surface area contributed by atoms with Gasteiger partial charge in [0, 0.05) is 17.8 Å². The number of nitrogens with zero attached hydrogens (tertiary/aromatic N) is 1. The van der Waals surface area contributed by atoms with Crippen molar-refractivity contribution in [1.29, 1.82) is 0 Å². The second-order valence-corrected chi connectivity index (χ2v) is 4.06. The van der Waals surface area contributed by atoms with E-state index < -0.39 is 0 Å². The summed E-state index contributed by atoms with van der Waals surface area (Å²) in [7, 11) is 0. The molecule has 96 valence electrons. The molecule has 0 atom stereocenters. The normalized spacial score (nSPS) is 10.6. The van der Waals surface area contributed by atoms with Gasteiger partial charge in [-0.25, -0.2) is 4.98 Å². The third-order valence-electron chi connectivity index (χ3n) is 2.58. The molecule has 2 aromatic rings. The molecule has 0 unspecified atom stereocenters. The van der Waals surface area contributed by atoms with Crippen molar-refractivity contribution in [3.8, 4) is 5.88 Å². The maximum atomic E-state index is 11.2. The molecule has 0 radical (unpaired) electrons. The van der Waals surface area contributed by atoms with E-state index in [1.165, 1.54) is 6.92 Å². The molecule has 0 bridgehead atoms. The molecule has 1 aromatic heterocycles. The van der Waals surface area contributed by atoms with Crippen molar-refractivity contribution in [3.63, 3.8) is 0 Å². The number of rotatable bonds is 5. The Morgan fingerprint density at radius 3 is 2.79 bits per heavy atom. The Hall–Kier alpha value is -2.42. The van der Waals surface area contributed by atoms with E-state index in [0.29, 0.717) is 18.1 Å². The molecule has 3 heteroatoms. The Kier molecular flexibility index (Phi) is 4.45. The standard InChI is InChI=1S/C16H15NO2/c1-13(18)15-9-10-17-16(12-15)19-11-5-8-14-6-3-2-4-7-14/h2-10,12H,11H2,1H3. The zero-order valence-corrected chi connectivity index (χ0v) is 10.7. The van der Waals surface area contributed by atoms with Gasteiger partial charge in [-0.15, -0.1) is 0 Å². The van der Waals surface area contributed by atoms with Crippen molar-refractivity contribution >= 4 is 11.9 Å². The summed E-state index contributed by atoms with van der Waals surface area (Å²) in [5.74, 6) is 0.470. The molecule has 0 fully saturated rings. The van der Waals surface area contributed by atoms with Crippen molar-refractivity contribution < 1.29 is 9.53 Å². The number of hydrogen-bond acceptors (Lipinski definition) is 3. The molecular formula is C16H15NO2. The lowest BCUT2D eigenvalue weighted by atomic mass is 10.2. The van der Waals surface area contributed by atoms with Gasteiger partial charge in [-0.2, -0.15) is 0 Å². The summed E-state index contributed by atoms with van der Waals surface area (Å²) in [5.41, 5.74) is 1.73. The summed E-state index contributed by atoms with van der Waals surface area (Å²) in [6.45, 7) is 1.94. The van der Waals surface area contributed by atoms with Gasteiger partial charge in [0.15, 0.2) is 5.78 Å². The summed E-state index contributed by atoms with van der Waals surface area (Å²) >= 11 is 0. The average molecular weight is 253 g/mol. The highest BCUT2D eigenvalue weighted by Gasteiger charge is 2.01. The number of aromatic nitrogens is 1. The average Bonchev–Trinajstić information content (AvgIpc) is 2.45. The van der Waals surface area contributed by atoms with Crippen molar-refractivity contribution in [2.24, 2.45) is 0 Å². The molecule has 0 saturated carbocycles. The molecule has 0 amide bonds. The molecule has 0 aliphatic heterocycles. The van der Waals surface area contributed by atoms with Crippen LogP contribution in [0.5, 0.6) is 5.88 Å². The topological polar surface area (TPSA) is 39.2 Å². The Bertz CT molecular complexity index is 576. The van der Waals surface area contributed by atoms with E-state index in [0.717, 1.165) is 5.56 Å². The van der Waals surface area contributed by atoms with E-state index in [9.17, 15) is 4.79 Å². The number of carbonyl (C=O) groups excluding carboxylic acids is 1. The highest BCUT2D eigenvalue weighted by atomic mass is 16.5. The van der Waals surface area contributed by atoms with Gasteiger partial charge in [-0.1, -0.05) is 36.4 Å². The Labute approximate surface area is 112 Å². The fourth-order valence-electron chi connectivity index (χ4n) is 1.59. The summed E-state index contributed by atoms with van der Waals surface area (Å²) in [6.07, 6.45) is 5.47. The van der Waals surface area contributed by atoms with Crippen molar-refractivity contribution in [2.45, 2.75) is 6.92 Å². The Morgan fingerprint density at radius 2 is 2.05 bits per heavy atom. The Balaban J connectivity index is 1.91. The number of carbonyl (C=O) groups is 1. The molecule has 0 aliphatic carbocycles. The van der Waals surface area contributed by atoms with Crippen molar-refractivity contribution in [3.05, 3.63) is 65.9 Å². The minimum Gasteiger partial charge on any atom is -0.473 e. The van der Waals surface area contributed by atoms with E-state index in [4.69, 9.17) is 4.74 Å². The summed E-state index contributed by atoms with van der Waals surface area (Å²) in [5, 5.41) is 0. The maximum Gasteiger partial charge on any atom is 0.214 e. The fraction of sp³-hybridized carbons (Fsp3) is 0.125. The van der Waals surface area contributed by atoms with Crippen LogP contribution in [-0.4, -0.2) is 17.4 Å². The van der Waals surface area contributed by atoms with Crippen LogP contribution in [-0.2, 0) is 0 Å². The van der Waals surface area contributed by atoms with Crippen molar-refractivity contribution in [2.75, 3.05) is 6.61 Å². The molecule has 0 aliphatic rings. The monoisotopic (exact) mass is 253 g/mol. The van der Waals surface area contributed by atoms with Gasteiger partial charge in [0.25, 0.3) is 0 Å². The Morgan fingerprint density at radius 1 is 1.26 bits per heavy atom. The molecular weight excluding hydrogens is 238 g/mol. The fourth-order valence-corrected chi connectivity index (χ4v) is 1.59. The van der Waals surface area contributed by atoms with Crippen LogP contribution >= 0.6 is 0 Å². The van der Waals surface area contributed by atoms with Crippen LogP contribution in [0.4, 0.5) is 0 Å². The minimum atomic E-state index is 0.00655. The first kappa shape index (κ1) is 13.0. The summed E-state index contributed by atoms with van der Waals surface area (Å²) in [4.78, 5) is 15.3. The molecule has 19 heavy (non-hydrogen) atoms. The second-order valence-electron chi connectivity index (χ2n) is 4.06. The highest BCUT2D eigenvalue weighted by Crippen LogP contribution is 2.10. The third-order valence-corrected chi connectivity index (χ3v) is 2.58. The molecule has 0 N–H and O–H groups in total. The zero-order chi connectivity index (χ0) is 13.5. The van der Waals surface area contributed by atoms with E-state index in [1.54, 1.807) is 18.3 Å². The number of ether oxygens (including phenoxy) is 1. The van der Waals surface area contributed by atoms with Crippen LogP contribution in [0.25, 0.3) is 6.08 Å². The number of Topliss-reactive ketones (excluding diaryl/α,β-unsaturated/α-hetero) is 1. The lowest BCUT2D eigenvalue weighted by Gasteiger charge is -2.02. The molecule has 0 saturated heterocycles. The first-order chi connectivity index (χ1) is 9.25. The van der Waals surface area contributed by atoms with Gasteiger partial charge in [0.1, 0.15) is 6.61 Å². The zero-order valence-electron chi connectivity index (χ0n) is 10.7. The maximum absolute atomic E-state index is 11.2. The van der Waals surface area contributed by atoms with E-state index >= 15 is 0 Å². The largest absolute Gasteiger partial charge is 0.473 e. The smallest absolute Gasteiger partial charge is 0.214 e. The van der Waals surface area contributed by atoms with Gasteiger partial charge in [0.05, 0.1) is 0 Å². The molecule has 1 heterocycles. The first-order valence-corrected chi connectivity index (χ1v) is 6.07. The number of benzene rings is 1. The number of hydrogen-bond donors (Lipinski definition) is 0. The summed E-state index contributed by atoms with van der Waals surface area (Å²) < 4.78 is 5.47. The van der Waals surface area contributed by atoms with Gasteiger partial charge >= 0.3 is 0 Å². The minimum absolute atomic E-state index is 0.00655. The van der Waals surface area contributed by atoms with Crippen LogP contribution in [0.1, 0.15) is 22.8 Å². The van der Waals surface area contributed by atoms with Gasteiger partial charge in [-0.05, 0) is 24.6 Å². The van der Waals surface area contributed by atoms with Crippen LogP contribution in [0.2, 0.25) is 0 Å².